The van der Waals surface area contributed by atoms with Crippen LogP contribution in [-0.4, -0.2) is 16.3 Å². The lowest BCUT2D eigenvalue weighted by Gasteiger charge is -2.05. The topological polar surface area (TPSA) is 49.3 Å². The van der Waals surface area contributed by atoms with Crippen LogP contribution in [0.3, 0.4) is 0 Å². The van der Waals surface area contributed by atoms with E-state index in [4.69, 9.17) is 12.2 Å². The Hall–Kier alpha value is -3.05. The van der Waals surface area contributed by atoms with Crippen molar-refractivity contribution in [1.82, 2.24) is 10.4 Å². The zero-order valence-corrected chi connectivity index (χ0v) is 13.7. The van der Waals surface area contributed by atoms with E-state index in [-0.39, 0.29) is 0 Å². The molecule has 118 valence electrons. The van der Waals surface area contributed by atoms with Gasteiger partial charge in [-0.2, -0.15) is 5.10 Å². The van der Waals surface area contributed by atoms with Crippen LogP contribution < -0.4 is 10.7 Å². The maximum Gasteiger partial charge on any atom is 0.191 e. The Morgan fingerprint density at radius 3 is 2.38 bits per heavy atom. The maximum absolute atomic E-state index is 5.17. The van der Waals surface area contributed by atoms with Gasteiger partial charge >= 0.3 is 0 Å². The van der Waals surface area contributed by atoms with Crippen molar-refractivity contribution in [3.63, 3.8) is 0 Å². The average molecular weight is 332 g/mol. The number of thiocarbonyl (C=S) groups is 1. The zero-order valence-electron chi connectivity index (χ0n) is 12.9. The minimum atomic E-state index is 0.417. The maximum atomic E-state index is 5.17. The first-order valence-corrected chi connectivity index (χ1v) is 7.88. The fourth-order valence-corrected chi connectivity index (χ4v) is 2.32. The van der Waals surface area contributed by atoms with Crippen LogP contribution in [0.4, 0.5) is 5.69 Å². The van der Waals surface area contributed by atoms with Gasteiger partial charge in [0.05, 0.1) is 18.1 Å². The SMILES string of the molecule is S=C(NN=Cc1ccc(-c2ccccc2)cc1)Nc1cccnc1. The number of pyridine rings is 1. The summed E-state index contributed by atoms with van der Waals surface area (Å²) in [5.41, 5.74) is 6.97. The molecule has 4 nitrogen and oxygen atoms in total. The first kappa shape index (κ1) is 15.8. The lowest BCUT2D eigenvalue weighted by Crippen LogP contribution is -2.23. The molecule has 1 aromatic heterocycles. The summed E-state index contributed by atoms with van der Waals surface area (Å²) in [7, 11) is 0. The van der Waals surface area contributed by atoms with Gasteiger partial charge in [-0.25, -0.2) is 0 Å². The Kier molecular flexibility index (Phi) is 5.27. The Morgan fingerprint density at radius 1 is 0.917 bits per heavy atom. The summed E-state index contributed by atoms with van der Waals surface area (Å²) in [6.45, 7) is 0. The van der Waals surface area contributed by atoms with E-state index in [1.54, 1.807) is 18.6 Å². The van der Waals surface area contributed by atoms with Gasteiger partial charge in [0.15, 0.2) is 5.11 Å². The van der Waals surface area contributed by atoms with Gasteiger partial charge in [-0.3, -0.25) is 10.4 Å². The van der Waals surface area contributed by atoms with E-state index in [2.05, 4.69) is 45.1 Å². The van der Waals surface area contributed by atoms with E-state index in [0.717, 1.165) is 11.3 Å². The normalized spacial score (nSPS) is 10.5. The zero-order chi connectivity index (χ0) is 16.6. The van der Waals surface area contributed by atoms with Gasteiger partial charge in [-0.1, -0.05) is 54.6 Å². The molecule has 2 aromatic carbocycles. The number of nitrogens with one attached hydrogen (secondary N) is 2. The number of anilines is 1. The number of hydrogen-bond donors (Lipinski definition) is 2. The van der Waals surface area contributed by atoms with Crippen LogP contribution in [0.1, 0.15) is 5.56 Å². The molecular weight excluding hydrogens is 316 g/mol. The third-order valence-electron chi connectivity index (χ3n) is 3.32. The standard InChI is InChI=1S/C19H16N4S/c24-19(22-18-7-4-12-20-14-18)23-21-13-15-8-10-17(11-9-15)16-5-2-1-3-6-16/h1-14H,(H2,22,23,24). The quantitative estimate of drug-likeness (QED) is 0.429. The van der Waals surface area contributed by atoms with Crippen LogP contribution in [0, 0.1) is 0 Å². The average Bonchev–Trinajstić information content (AvgIpc) is 2.64. The summed E-state index contributed by atoms with van der Waals surface area (Å²) in [5.74, 6) is 0. The van der Waals surface area contributed by atoms with E-state index in [1.807, 2.05) is 42.5 Å². The largest absolute Gasteiger partial charge is 0.330 e. The molecule has 2 N–H and O–H groups in total. The first-order valence-electron chi connectivity index (χ1n) is 7.47. The molecule has 0 amide bonds. The Morgan fingerprint density at radius 2 is 1.67 bits per heavy atom. The molecule has 0 aliphatic carbocycles. The Labute approximate surface area is 146 Å². The molecule has 0 atom stereocenters. The lowest BCUT2D eigenvalue weighted by molar-refractivity contribution is 1.05. The number of hydrazone groups is 1. The summed E-state index contributed by atoms with van der Waals surface area (Å²) < 4.78 is 0. The van der Waals surface area contributed by atoms with Gasteiger partial charge in [-0.15, -0.1) is 0 Å². The highest BCUT2D eigenvalue weighted by Crippen LogP contribution is 2.18. The summed E-state index contributed by atoms with van der Waals surface area (Å²) in [6.07, 6.45) is 5.13. The van der Waals surface area contributed by atoms with Crippen molar-refractivity contribution in [3.05, 3.63) is 84.7 Å². The molecule has 0 aliphatic heterocycles. The predicted octanol–water partition coefficient (Wildman–Crippen LogP) is 4.07. The number of aromatic nitrogens is 1. The predicted molar refractivity (Wildman–Crippen MR) is 103 cm³/mol. The molecule has 0 spiro atoms. The van der Waals surface area contributed by atoms with E-state index in [9.17, 15) is 0 Å². The van der Waals surface area contributed by atoms with Crippen molar-refractivity contribution in [2.24, 2.45) is 5.10 Å². The van der Waals surface area contributed by atoms with Crippen LogP contribution in [0.25, 0.3) is 11.1 Å². The molecule has 0 radical (unpaired) electrons. The second-order valence-electron chi connectivity index (χ2n) is 5.05. The Balaban J connectivity index is 1.56. The van der Waals surface area contributed by atoms with Crippen molar-refractivity contribution >= 4 is 29.2 Å². The highest BCUT2D eigenvalue weighted by atomic mass is 32.1. The van der Waals surface area contributed by atoms with Crippen molar-refractivity contribution in [2.45, 2.75) is 0 Å². The van der Waals surface area contributed by atoms with Gasteiger partial charge < -0.3 is 5.32 Å². The molecule has 0 unspecified atom stereocenters. The minimum absolute atomic E-state index is 0.417. The molecule has 0 fully saturated rings. The van der Waals surface area contributed by atoms with E-state index in [1.165, 1.54) is 11.1 Å². The van der Waals surface area contributed by atoms with Crippen molar-refractivity contribution in [3.8, 4) is 11.1 Å². The highest BCUT2D eigenvalue weighted by Gasteiger charge is 1.97. The summed E-state index contributed by atoms with van der Waals surface area (Å²) in [6, 6.07) is 22.2. The number of rotatable bonds is 4. The minimum Gasteiger partial charge on any atom is -0.330 e. The van der Waals surface area contributed by atoms with Crippen LogP contribution >= 0.6 is 12.2 Å². The second kappa shape index (κ2) is 7.99. The molecule has 0 saturated heterocycles. The van der Waals surface area contributed by atoms with Gasteiger partial charge in [-0.05, 0) is 41.0 Å². The fourth-order valence-electron chi connectivity index (χ4n) is 2.15. The van der Waals surface area contributed by atoms with Gasteiger partial charge in [0, 0.05) is 6.20 Å². The van der Waals surface area contributed by atoms with Gasteiger partial charge in [0.2, 0.25) is 0 Å². The van der Waals surface area contributed by atoms with Crippen LogP contribution in [0.15, 0.2) is 84.2 Å². The molecule has 0 bridgehead atoms. The fraction of sp³-hybridized carbons (Fsp3) is 0. The van der Waals surface area contributed by atoms with Crippen LogP contribution in [0.2, 0.25) is 0 Å². The molecule has 3 rings (SSSR count). The first-order chi connectivity index (χ1) is 11.8. The third kappa shape index (κ3) is 4.47. The van der Waals surface area contributed by atoms with Gasteiger partial charge in [0.1, 0.15) is 0 Å². The monoisotopic (exact) mass is 332 g/mol. The van der Waals surface area contributed by atoms with Crippen LogP contribution in [0.5, 0.6) is 0 Å². The van der Waals surface area contributed by atoms with Crippen molar-refractivity contribution in [1.29, 1.82) is 0 Å². The number of hydrogen-bond acceptors (Lipinski definition) is 3. The molecule has 0 aliphatic rings. The Bertz CT molecular complexity index is 815. The number of benzene rings is 2. The molecule has 5 heteroatoms. The van der Waals surface area contributed by atoms with E-state index >= 15 is 0 Å². The lowest BCUT2D eigenvalue weighted by atomic mass is 10.0. The summed E-state index contributed by atoms with van der Waals surface area (Å²) >= 11 is 5.17. The summed E-state index contributed by atoms with van der Waals surface area (Å²) in [5, 5.41) is 7.56. The molecule has 0 saturated carbocycles. The van der Waals surface area contributed by atoms with Crippen molar-refractivity contribution in [2.75, 3.05) is 5.32 Å². The molecule has 1 heterocycles. The highest BCUT2D eigenvalue weighted by molar-refractivity contribution is 7.80. The molecular formula is C19H16N4S. The van der Waals surface area contributed by atoms with Gasteiger partial charge in [0.25, 0.3) is 0 Å². The van der Waals surface area contributed by atoms with Crippen molar-refractivity contribution < 1.29 is 0 Å². The van der Waals surface area contributed by atoms with E-state index < -0.39 is 0 Å². The molecule has 3 aromatic rings. The summed E-state index contributed by atoms with van der Waals surface area (Å²) in [4.78, 5) is 4.01. The smallest absolute Gasteiger partial charge is 0.191 e. The second-order valence-corrected chi connectivity index (χ2v) is 5.46. The van der Waals surface area contributed by atoms with Crippen LogP contribution in [-0.2, 0) is 0 Å². The molecule has 24 heavy (non-hydrogen) atoms. The third-order valence-corrected chi connectivity index (χ3v) is 3.51. The van der Waals surface area contributed by atoms with E-state index in [0.29, 0.717) is 5.11 Å². The number of nitrogens with zero attached hydrogens (tertiary/aromatic N) is 2.